The lowest BCUT2D eigenvalue weighted by Crippen LogP contribution is -2.19. The molecule has 0 aliphatic carbocycles. The average molecular weight is 298 g/mol. The van der Waals surface area contributed by atoms with Crippen molar-refractivity contribution in [1.82, 2.24) is 15.1 Å². The summed E-state index contributed by atoms with van der Waals surface area (Å²) in [5, 5.41) is 8.88. The Morgan fingerprint density at radius 3 is 2.68 bits per heavy atom. The Morgan fingerprint density at radius 1 is 1.32 bits per heavy atom. The van der Waals surface area contributed by atoms with Gasteiger partial charge in [-0.25, -0.2) is 4.68 Å². The average Bonchev–Trinajstić information content (AvgIpc) is 2.77. The minimum atomic E-state index is 0.610. The highest BCUT2D eigenvalue weighted by Crippen LogP contribution is 2.21. The van der Waals surface area contributed by atoms with Gasteiger partial charge in [0.15, 0.2) is 0 Å². The third-order valence-electron chi connectivity index (χ3n) is 2.72. The summed E-state index contributed by atoms with van der Waals surface area (Å²) >= 11 is 12.1. The van der Waals surface area contributed by atoms with Gasteiger partial charge in [-0.05, 0) is 30.2 Å². The number of hydrogen-bond donors (Lipinski definition) is 1. The lowest BCUT2D eigenvalue weighted by atomic mass is 10.2. The van der Waals surface area contributed by atoms with E-state index in [1.54, 1.807) is 17.1 Å². The van der Waals surface area contributed by atoms with Gasteiger partial charge in [-0.1, -0.05) is 43.1 Å². The molecule has 0 atom stereocenters. The summed E-state index contributed by atoms with van der Waals surface area (Å²) in [5.74, 6) is 0.629. The summed E-state index contributed by atoms with van der Waals surface area (Å²) in [6, 6.07) is 5.90. The predicted octanol–water partition coefficient (Wildman–Crippen LogP) is 3.92. The molecule has 0 saturated carbocycles. The van der Waals surface area contributed by atoms with E-state index in [0.29, 0.717) is 10.9 Å². The van der Waals surface area contributed by atoms with E-state index >= 15 is 0 Å². The molecule has 0 fully saturated rings. The number of benzene rings is 1. The topological polar surface area (TPSA) is 29.9 Å². The maximum atomic E-state index is 6.29. The summed E-state index contributed by atoms with van der Waals surface area (Å²) in [5.41, 5.74) is 1.99. The van der Waals surface area contributed by atoms with Crippen LogP contribution in [0.1, 0.15) is 19.4 Å². The van der Waals surface area contributed by atoms with Gasteiger partial charge < -0.3 is 5.32 Å². The molecule has 0 amide bonds. The van der Waals surface area contributed by atoms with E-state index < -0.39 is 0 Å². The molecule has 0 unspecified atom stereocenters. The number of hydrogen-bond acceptors (Lipinski definition) is 2. The highest BCUT2D eigenvalue weighted by Gasteiger charge is 2.05. The van der Waals surface area contributed by atoms with Gasteiger partial charge in [0, 0.05) is 17.8 Å². The Labute approximate surface area is 123 Å². The first-order chi connectivity index (χ1) is 9.06. The third-order valence-corrected chi connectivity index (χ3v) is 3.27. The molecule has 0 spiro atoms. The first kappa shape index (κ1) is 14.4. The summed E-state index contributed by atoms with van der Waals surface area (Å²) in [4.78, 5) is 0. The van der Waals surface area contributed by atoms with Crippen LogP contribution in [0.25, 0.3) is 5.69 Å². The van der Waals surface area contributed by atoms with Crippen LogP contribution >= 0.6 is 23.2 Å². The summed E-state index contributed by atoms with van der Waals surface area (Å²) in [6.45, 7) is 6.11. The molecule has 0 saturated heterocycles. The fourth-order valence-electron chi connectivity index (χ4n) is 1.76. The van der Waals surface area contributed by atoms with Crippen LogP contribution in [-0.2, 0) is 6.54 Å². The standard InChI is InChI=1S/C14H17Cl2N3/c1-10(2)6-17-7-11-3-4-13(5-14(11)16)19-9-12(15)8-18-19/h3-5,8-10,17H,6-7H2,1-2H3. The molecule has 2 rings (SSSR count). The van der Waals surface area contributed by atoms with Crippen molar-refractivity contribution < 1.29 is 0 Å². The monoisotopic (exact) mass is 297 g/mol. The molecule has 2 aromatic rings. The highest BCUT2D eigenvalue weighted by atomic mass is 35.5. The van der Waals surface area contributed by atoms with Crippen molar-refractivity contribution in [1.29, 1.82) is 0 Å². The lowest BCUT2D eigenvalue weighted by molar-refractivity contribution is 0.552. The minimum absolute atomic E-state index is 0.610. The van der Waals surface area contributed by atoms with Crippen LogP contribution < -0.4 is 5.32 Å². The molecule has 0 aliphatic heterocycles. The highest BCUT2D eigenvalue weighted by molar-refractivity contribution is 6.31. The zero-order valence-corrected chi connectivity index (χ0v) is 12.5. The molecule has 3 nitrogen and oxygen atoms in total. The fourth-order valence-corrected chi connectivity index (χ4v) is 2.14. The van der Waals surface area contributed by atoms with Gasteiger partial charge in [0.25, 0.3) is 0 Å². The Morgan fingerprint density at radius 2 is 2.11 bits per heavy atom. The number of nitrogens with zero attached hydrogens (tertiary/aromatic N) is 2. The minimum Gasteiger partial charge on any atom is -0.312 e. The number of nitrogens with one attached hydrogen (secondary N) is 1. The first-order valence-electron chi connectivity index (χ1n) is 6.26. The van der Waals surface area contributed by atoms with Crippen molar-refractivity contribution in [3.05, 3.63) is 46.2 Å². The van der Waals surface area contributed by atoms with Crippen molar-refractivity contribution in [3.63, 3.8) is 0 Å². The maximum absolute atomic E-state index is 6.29. The maximum Gasteiger partial charge on any atom is 0.0790 e. The van der Waals surface area contributed by atoms with Gasteiger partial charge in [0.05, 0.1) is 16.9 Å². The van der Waals surface area contributed by atoms with Gasteiger partial charge in [-0.3, -0.25) is 0 Å². The second-order valence-electron chi connectivity index (χ2n) is 4.90. The SMILES string of the molecule is CC(C)CNCc1ccc(-n2cc(Cl)cn2)cc1Cl. The number of halogens is 2. The number of aromatic nitrogens is 2. The lowest BCUT2D eigenvalue weighted by Gasteiger charge is -2.10. The first-order valence-corrected chi connectivity index (χ1v) is 7.01. The molecule has 1 aromatic carbocycles. The zero-order valence-electron chi connectivity index (χ0n) is 11.0. The van der Waals surface area contributed by atoms with Crippen molar-refractivity contribution >= 4 is 23.2 Å². The Hall–Kier alpha value is -1.03. The van der Waals surface area contributed by atoms with E-state index in [-0.39, 0.29) is 0 Å². The summed E-state index contributed by atoms with van der Waals surface area (Å²) in [6.07, 6.45) is 3.36. The van der Waals surface area contributed by atoms with E-state index in [1.807, 2.05) is 18.2 Å². The van der Waals surface area contributed by atoms with E-state index in [4.69, 9.17) is 23.2 Å². The molecule has 0 bridgehead atoms. The Balaban J connectivity index is 2.09. The largest absolute Gasteiger partial charge is 0.312 e. The van der Waals surface area contributed by atoms with Gasteiger partial charge in [0.2, 0.25) is 0 Å². The molecule has 0 radical (unpaired) electrons. The summed E-state index contributed by atoms with van der Waals surface area (Å²) in [7, 11) is 0. The molecule has 19 heavy (non-hydrogen) atoms. The molecule has 0 aliphatic rings. The second-order valence-corrected chi connectivity index (χ2v) is 5.75. The fraction of sp³-hybridized carbons (Fsp3) is 0.357. The Bertz CT molecular complexity index is 549. The smallest absolute Gasteiger partial charge is 0.0790 e. The van der Waals surface area contributed by atoms with E-state index in [1.165, 1.54) is 0 Å². The van der Waals surface area contributed by atoms with Crippen molar-refractivity contribution in [2.75, 3.05) is 6.54 Å². The van der Waals surface area contributed by atoms with Gasteiger partial charge in [-0.2, -0.15) is 5.10 Å². The summed E-state index contributed by atoms with van der Waals surface area (Å²) < 4.78 is 1.71. The van der Waals surface area contributed by atoms with Crippen molar-refractivity contribution in [3.8, 4) is 5.69 Å². The van der Waals surface area contributed by atoms with Crippen LogP contribution in [-0.4, -0.2) is 16.3 Å². The van der Waals surface area contributed by atoms with Crippen LogP contribution in [0.2, 0.25) is 10.0 Å². The van der Waals surface area contributed by atoms with Crippen LogP contribution in [0.4, 0.5) is 0 Å². The zero-order chi connectivity index (χ0) is 13.8. The molecular formula is C14H17Cl2N3. The van der Waals surface area contributed by atoms with E-state index in [0.717, 1.165) is 29.4 Å². The van der Waals surface area contributed by atoms with Gasteiger partial charge in [-0.15, -0.1) is 0 Å². The number of rotatable bonds is 5. The Kier molecular flexibility index (Phi) is 4.86. The van der Waals surface area contributed by atoms with Crippen LogP contribution in [0.5, 0.6) is 0 Å². The molecule has 1 heterocycles. The molecule has 1 aromatic heterocycles. The van der Waals surface area contributed by atoms with Crippen LogP contribution in [0, 0.1) is 5.92 Å². The van der Waals surface area contributed by atoms with Crippen molar-refractivity contribution in [2.45, 2.75) is 20.4 Å². The molecule has 102 valence electrons. The predicted molar refractivity (Wildman–Crippen MR) is 80.1 cm³/mol. The second kappa shape index (κ2) is 6.42. The van der Waals surface area contributed by atoms with Gasteiger partial charge >= 0.3 is 0 Å². The van der Waals surface area contributed by atoms with Gasteiger partial charge in [0.1, 0.15) is 0 Å². The van der Waals surface area contributed by atoms with E-state index in [2.05, 4.69) is 24.3 Å². The van der Waals surface area contributed by atoms with Crippen molar-refractivity contribution in [2.24, 2.45) is 5.92 Å². The quantitative estimate of drug-likeness (QED) is 0.906. The third kappa shape index (κ3) is 3.96. The van der Waals surface area contributed by atoms with Crippen LogP contribution in [0.15, 0.2) is 30.6 Å². The molecule has 5 heteroatoms. The molecular weight excluding hydrogens is 281 g/mol. The van der Waals surface area contributed by atoms with Crippen LogP contribution in [0.3, 0.4) is 0 Å². The van der Waals surface area contributed by atoms with E-state index in [9.17, 15) is 0 Å². The normalized spacial score (nSPS) is 11.2. The molecule has 1 N–H and O–H groups in total.